The molecule has 1 atom stereocenters. The Bertz CT molecular complexity index is 1300. The summed E-state index contributed by atoms with van der Waals surface area (Å²) in [4.78, 5) is 22.3. The summed E-state index contributed by atoms with van der Waals surface area (Å²) in [6.07, 6.45) is 3.43. The summed E-state index contributed by atoms with van der Waals surface area (Å²) in [6.45, 7) is 1.88. The second kappa shape index (κ2) is 8.39. The van der Waals surface area contributed by atoms with E-state index in [9.17, 15) is 4.79 Å². The normalized spacial score (nSPS) is 15.1. The minimum absolute atomic E-state index is 0.196. The van der Waals surface area contributed by atoms with Crippen molar-refractivity contribution in [1.82, 2.24) is 19.7 Å². The first-order valence-corrected chi connectivity index (χ1v) is 10.9. The zero-order valence-corrected chi connectivity index (χ0v) is 18.7. The summed E-state index contributed by atoms with van der Waals surface area (Å²) < 4.78 is 2.72. The van der Waals surface area contributed by atoms with Crippen LogP contribution in [0.2, 0.25) is 0 Å². The Kier molecular flexibility index (Phi) is 5.28. The summed E-state index contributed by atoms with van der Waals surface area (Å²) in [5.74, 6) is 0.920. The van der Waals surface area contributed by atoms with Crippen molar-refractivity contribution in [2.75, 3.05) is 10.6 Å². The monoisotopic (exact) mass is 486 g/mol. The van der Waals surface area contributed by atoms with E-state index in [0.717, 1.165) is 27.0 Å². The molecule has 0 saturated heterocycles. The van der Waals surface area contributed by atoms with Crippen molar-refractivity contribution in [1.29, 1.82) is 0 Å². The predicted molar refractivity (Wildman–Crippen MR) is 127 cm³/mol. The molecule has 0 unspecified atom stereocenters. The van der Waals surface area contributed by atoms with Gasteiger partial charge in [-0.3, -0.25) is 9.78 Å². The largest absolute Gasteiger partial charge is 0.328 e. The van der Waals surface area contributed by atoms with E-state index in [1.54, 1.807) is 17.1 Å². The van der Waals surface area contributed by atoms with Crippen LogP contribution in [0.4, 0.5) is 11.6 Å². The van der Waals surface area contributed by atoms with Gasteiger partial charge in [0, 0.05) is 33.8 Å². The van der Waals surface area contributed by atoms with E-state index in [2.05, 4.69) is 36.5 Å². The molecule has 0 fully saturated rings. The number of hydrogen-bond acceptors (Lipinski definition) is 5. The number of aromatic nitrogens is 4. The van der Waals surface area contributed by atoms with Crippen LogP contribution in [-0.4, -0.2) is 25.7 Å². The molecule has 3 heterocycles. The molecule has 0 saturated carbocycles. The molecular formula is C24H19BrN6O. The topological polar surface area (TPSA) is 84.7 Å². The van der Waals surface area contributed by atoms with Crippen molar-refractivity contribution in [2.24, 2.45) is 0 Å². The number of halogens is 1. The van der Waals surface area contributed by atoms with Crippen LogP contribution in [-0.2, 0) is 4.79 Å². The van der Waals surface area contributed by atoms with E-state index >= 15 is 0 Å². The molecule has 2 N–H and O–H groups in total. The molecule has 0 spiro atoms. The highest BCUT2D eigenvalue weighted by Crippen LogP contribution is 2.37. The van der Waals surface area contributed by atoms with Crippen molar-refractivity contribution < 1.29 is 4.79 Å². The van der Waals surface area contributed by atoms with E-state index in [1.165, 1.54) is 0 Å². The number of amides is 1. The van der Waals surface area contributed by atoms with Crippen LogP contribution >= 0.6 is 15.9 Å². The van der Waals surface area contributed by atoms with Crippen molar-refractivity contribution in [2.45, 2.75) is 13.0 Å². The average molecular weight is 487 g/mol. The first-order valence-electron chi connectivity index (χ1n) is 10.1. The van der Waals surface area contributed by atoms with E-state index in [-0.39, 0.29) is 5.91 Å². The van der Waals surface area contributed by atoms with E-state index in [0.29, 0.717) is 17.3 Å². The van der Waals surface area contributed by atoms with Gasteiger partial charge in [0.25, 0.3) is 5.91 Å². The van der Waals surface area contributed by atoms with Crippen LogP contribution in [0.1, 0.15) is 18.5 Å². The Balaban J connectivity index is 1.60. The molecular weight excluding hydrogens is 468 g/mol. The number of carbonyl (C=O) groups excluding carboxylic acids is 1. The van der Waals surface area contributed by atoms with Gasteiger partial charge in [-0.2, -0.15) is 4.98 Å². The van der Waals surface area contributed by atoms with Gasteiger partial charge in [-0.1, -0.05) is 46.3 Å². The molecule has 0 bridgehead atoms. The minimum Gasteiger partial charge on any atom is -0.328 e. The third-order valence-corrected chi connectivity index (χ3v) is 5.76. The lowest BCUT2D eigenvalue weighted by Crippen LogP contribution is -2.31. The van der Waals surface area contributed by atoms with Crippen molar-refractivity contribution in [3.8, 4) is 11.4 Å². The SMILES string of the molecule is CC1=C(C(=O)Nc2ccccc2)[C@H](c2ccc(Br)cc2)n2nc(-c3cccnc3)nc2N1. The fourth-order valence-electron chi connectivity index (χ4n) is 3.74. The number of hydrogen-bond donors (Lipinski definition) is 2. The van der Waals surface area contributed by atoms with Crippen LogP contribution < -0.4 is 10.6 Å². The molecule has 1 aliphatic rings. The number of fused-ring (bicyclic) bond motifs is 1. The summed E-state index contributed by atoms with van der Waals surface area (Å²) in [5, 5.41) is 11.0. The predicted octanol–water partition coefficient (Wildman–Crippen LogP) is 5.03. The molecule has 0 radical (unpaired) electrons. The van der Waals surface area contributed by atoms with Gasteiger partial charge in [-0.25, -0.2) is 4.68 Å². The van der Waals surface area contributed by atoms with Crippen LogP contribution in [0.15, 0.2) is 94.9 Å². The van der Waals surface area contributed by atoms with Gasteiger partial charge in [-0.15, -0.1) is 5.10 Å². The number of allylic oxidation sites excluding steroid dienone is 1. The van der Waals surface area contributed by atoms with Crippen LogP contribution in [0.3, 0.4) is 0 Å². The van der Waals surface area contributed by atoms with Gasteiger partial charge in [0.2, 0.25) is 5.95 Å². The van der Waals surface area contributed by atoms with Crippen molar-refractivity contribution in [3.63, 3.8) is 0 Å². The Morgan fingerprint density at radius 3 is 2.56 bits per heavy atom. The smallest absolute Gasteiger partial charge is 0.255 e. The van der Waals surface area contributed by atoms with Gasteiger partial charge in [0.1, 0.15) is 6.04 Å². The molecule has 158 valence electrons. The molecule has 7 nitrogen and oxygen atoms in total. The maximum Gasteiger partial charge on any atom is 0.255 e. The van der Waals surface area contributed by atoms with E-state index in [4.69, 9.17) is 5.10 Å². The molecule has 2 aromatic carbocycles. The third kappa shape index (κ3) is 3.80. The fraction of sp³-hybridized carbons (Fsp3) is 0.0833. The number of carbonyl (C=O) groups is 1. The van der Waals surface area contributed by atoms with Crippen LogP contribution in [0.5, 0.6) is 0 Å². The van der Waals surface area contributed by atoms with Crippen LogP contribution in [0.25, 0.3) is 11.4 Å². The highest BCUT2D eigenvalue weighted by Gasteiger charge is 2.34. The van der Waals surface area contributed by atoms with Crippen molar-refractivity contribution in [3.05, 3.63) is 100 Å². The Hall–Kier alpha value is -3.78. The third-order valence-electron chi connectivity index (χ3n) is 5.23. The number of benzene rings is 2. The number of para-hydroxylation sites is 1. The van der Waals surface area contributed by atoms with Gasteiger partial charge in [0.05, 0.1) is 5.57 Å². The van der Waals surface area contributed by atoms with Gasteiger partial charge in [0.15, 0.2) is 5.82 Å². The minimum atomic E-state index is -0.444. The molecule has 5 rings (SSSR count). The summed E-state index contributed by atoms with van der Waals surface area (Å²) in [5.41, 5.74) is 3.76. The maximum atomic E-state index is 13.4. The Morgan fingerprint density at radius 2 is 1.84 bits per heavy atom. The number of nitrogens with zero attached hydrogens (tertiary/aromatic N) is 4. The molecule has 1 aliphatic heterocycles. The number of pyridine rings is 1. The first kappa shape index (κ1) is 20.1. The lowest BCUT2D eigenvalue weighted by atomic mass is 9.95. The second-order valence-corrected chi connectivity index (χ2v) is 8.30. The standard InChI is InChI=1S/C24H19BrN6O/c1-15-20(23(32)28-19-7-3-2-4-8-19)21(16-9-11-18(25)12-10-16)31-24(27-15)29-22(30-31)17-6-5-13-26-14-17/h2-14,21H,1H3,(H,28,32)(H,27,29,30)/t21-/m0/s1. The molecule has 0 aliphatic carbocycles. The second-order valence-electron chi connectivity index (χ2n) is 7.38. The fourth-order valence-corrected chi connectivity index (χ4v) is 4.00. The summed E-state index contributed by atoms with van der Waals surface area (Å²) >= 11 is 3.49. The van der Waals surface area contributed by atoms with Gasteiger partial charge >= 0.3 is 0 Å². The molecule has 1 amide bonds. The van der Waals surface area contributed by atoms with E-state index < -0.39 is 6.04 Å². The maximum absolute atomic E-state index is 13.4. The zero-order valence-electron chi connectivity index (χ0n) is 17.2. The van der Waals surface area contributed by atoms with Gasteiger partial charge < -0.3 is 10.6 Å². The molecule has 32 heavy (non-hydrogen) atoms. The van der Waals surface area contributed by atoms with Crippen LogP contribution in [0, 0.1) is 0 Å². The molecule has 8 heteroatoms. The van der Waals surface area contributed by atoms with E-state index in [1.807, 2.05) is 73.7 Å². The van der Waals surface area contributed by atoms with Gasteiger partial charge in [-0.05, 0) is 48.9 Å². The van der Waals surface area contributed by atoms with Crippen molar-refractivity contribution >= 4 is 33.5 Å². The number of anilines is 2. The molecule has 4 aromatic rings. The number of nitrogens with one attached hydrogen (secondary N) is 2. The first-order chi connectivity index (χ1) is 15.6. The highest BCUT2D eigenvalue weighted by atomic mass is 79.9. The lowest BCUT2D eigenvalue weighted by molar-refractivity contribution is -0.113. The summed E-state index contributed by atoms with van der Waals surface area (Å²) in [7, 11) is 0. The average Bonchev–Trinajstić information content (AvgIpc) is 3.23. The summed E-state index contributed by atoms with van der Waals surface area (Å²) in [6, 6.07) is 20.6. The quantitative estimate of drug-likeness (QED) is 0.422. The number of rotatable bonds is 4. The Labute approximate surface area is 193 Å². The molecule has 2 aromatic heterocycles. The zero-order chi connectivity index (χ0) is 22.1. The highest BCUT2D eigenvalue weighted by molar-refractivity contribution is 9.10. The lowest BCUT2D eigenvalue weighted by Gasteiger charge is -2.28. The Morgan fingerprint density at radius 1 is 1.06 bits per heavy atom.